The van der Waals surface area contributed by atoms with E-state index < -0.39 is 0 Å². The highest BCUT2D eigenvalue weighted by atomic mass is 15.3. The van der Waals surface area contributed by atoms with Gasteiger partial charge in [0.15, 0.2) is 0 Å². The van der Waals surface area contributed by atoms with Gasteiger partial charge in [0.05, 0.1) is 11.7 Å². The van der Waals surface area contributed by atoms with Crippen LogP contribution in [0.4, 0.5) is 0 Å². The molecule has 3 heteroatoms. The van der Waals surface area contributed by atoms with Crippen molar-refractivity contribution in [3.05, 3.63) is 82.9 Å². The molecule has 0 bridgehead atoms. The van der Waals surface area contributed by atoms with Crippen molar-refractivity contribution >= 4 is 0 Å². The maximum absolute atomic E-state index is 4.52. The Kier molecular flexibility index (Phi) is 11.5. The lowest BCUT2D eigenvalue weighted by atomic mass is 9.82. The second-order valence-electron chi connectivity index (χ2n) is 17.6. The minimum Gasteiger partial charge on any atom is -0.267 e. The van der Waals surface area contributed by atoms with Gasteiger partial charge in [0.1, 0.15) is 0 Å². The number of rotatable bonds is 0. The Morgan fingerprint density at radius 1 is 0.415 bits per heavy atom. The van der Waals surface area contributed by atoms with Crippen LogP contribution in [0.5, 0.6) is 0 Å². The molecule has 0 aliphatic carbocycles. The summed E-state index contributed by atoms with van der Waals surface area (Å²) in [4.78, 5) is 4.52. The minimum absolute atomic E-state index is 0.0868. The Hall–Kier alpha value is -2.42. The molecule has 0 unspecified atom stereocenters. The van der Waals surface area contributed by atoms with Gasteiger partial charge in [-0.05, 0) is 70.8 Å². The van der Waals surface area contributed by atoms with E-state index >= 15 is 0 Å². The first-order valence-electron chi connectivity index (χ1n) is 15.3. The highest BCUT2D eigenvalue weighted by Crippen LogP contribution is 2.28. The fraction of sp³-hybridized carbons (Fsp3) is 0.632. The standard InChI is InChI=1S/C14H22.C13H21N.C11H20N2/c1-13(2,3)11-7-9-12(10-8-11)14(4,5)6;1-12(2,3)10-7-8-11(14-9-10)13(4,5)6;1-10(2,3)9-7-12-13(8-9)11(4,5)6/h7-10H,1-6H3;7-9H,1-6H3;7-8H,1-6H3. The first-order chi connectivity index (χ1) is 18.1. The first-order valence-corrected chi connectivity index (χ1v) is 15.3. The zero-order valence-electron chi connectivity index (χ0n) is 30.0. The molecule has 0 aliphatic rings. The van der Waals surface area contributed by atoms with Crippen LogP contribution in [0.25, 0.3) is 0 Å². The van der Waals surface area contributed by atoms with Crippen molar-refractivity contribution < 1.29 is 0 Å². The van der Waals surface area contributed by atoms with Crippen LogP contribution in [-0.4, -0.2) is 14.8 Å². The summed E-state index contributed by atoms with van der Waals surface area (Å²) < 4.78 is 2.02. The Morgan fingerprint density at radius 3 is 1.00 bits per heavy atom. The van der Waals surface area contributed by atoms with E-state index in [1.807, 2.05) is 17.1 Å². The SMILES string of the molecule is CC(C)(C)c1ccc(C(C)(C)C)cc1.CC(C)(C)c1ccc(C(C)(C)C)nc1.CC(C)(C)c1cnn(C(C)(C)C)c1. The normalized spacial score (nSPS) is 13.1. The summed E-state index contributed by atoms with van der Waals surface area (Å²) in [5, 5.41) is 4.37. The molecule has 1 aromatic carbocycles. The molecule has 0 saturated heterocycles. The third-order valence-electron chi connectivity index (χ3n) is 7.15. The molecule has 0 radical (unpaired) electrons. The Balaban J connectivity index is 0.000000308. The third kappa shape index (κ3) is 12.1. The summed E-state index contributed by atoms with van der Waals surface area (Å²) >= 11 is 0. The van der Waals surface area contributed by atoms with Crippen molar-refractivity contribution in [3.8, 4) is 0 Å². The Bertz CT molecular complexity index is 1020. The molecule has 2 heterocycles. The van der Waals surface area contributed by atoms with Crippen LogP contribution in [-0.2, 0) is 32.6 Å². The van der Waals surface area contributed by atoms with Crippen molar-refractivity contribution in [1.29, 1.82) is 0 Å². The molecule has 0 amide bonds. The van der Waals surface area contributed by atoms with Gasteiger partial charge in [-0.15, -0.1) is 0 Å². The molecule has 0 saturated carbocycles. The van der Waals surface area contributed by atoms with Crippen LogP contribution < -0.4 is 0 Å². The second-order valence-corrected chi connectivity index (χ2v) is 17.6. The van der Waals surface area contributed by atoms with E-state index in [0.29, 0.717) is 0 Å². The molecule has 3 rings (SSSR count). The molecule has 0 spiro atoms. The van der Waals surface area contributed by atoms with Crippen LogP contribution >= 0.6 is 0 Å². The summed E-state index contributed by atoms with van der Waals surface area (Å²) in [6.07, 6.45) is 6.10. The van der Waals surface area contributed by atoms with Crippen LogP contribution in [0, 0.1) is 0 Å². The van der Waals surface area contributed by atoms with Crippen LogP contribution in [0.2, 0.25) is 0 Å². The molecule has 0 atom stereocenters. The number of benzene rings is 1. The van der Waals surface area contributed by atoms with Crippen molar-refractivity contribution in [2.24, 2.45) is 0 Å². The summed E-state index contributed by atoms with van der Waals surface area (Å²) in [6, 6.07) is 13.3. The van der Waals surface area contributed by atoms with Gasteiger partial charge in [-0.1, -0.05) is 134 Å². The third-order valence-corrected chi connectivity index (χ3v) is 7.15. The molecule has 230 valence electrons. The highest BCUT2D eigenvalue weighted by molar-refractivity contribution is 5.31. The highest BCUT2D eigenvalue weighted by Gasteiger charge is 2.20. The summed E-state index contributed by atoms with van der Waals surface area (Å²) in [5.41, 5.74) is 7.72. The van der Waals surface area contributed by atoms with Gasteiger partial charge in [-0.3, -0.25) is 9.67 Å². The molecule has 3 aromatic rings. The number of hydrogen-bond donors (Lipinski definition) is 0. The van der Waals surface area contributed by atoms with E-state index in [9.17, 15) is 0 Å². The molecule has 0 fully saturated rings. The smallest absolute Gasteiger partial charge is 0.0543 e. The fourth-order valence-corrected chi connectivity index (χ4v) is 3.83. The predicted octanol–water partition coefficient (Wildman–Crippen LogP) is 10.9. The molecule has 0 aliphatic heterocycles. The van der Waals surface area contributed by atoms with Crippen molar-refractivity contribution in [3.63, 3.8) is 0 Å². The lowest BCUT2D eigenvalue weighted by molar-refractivity contribution is 0.354. The molecule has 0 N–H and O–H groups in total. The lowest BCUT2D eigenvalue weighted by Crippen LogP contribution is -2.22. The Morgan fingerprint density at radius 2 is 0.780 bits per heavy atom. The minimum atomic E-state index is 0.0868. The summed E-state index contributed by atoms with van der Waals surface area (Å²) in [7, 11) is 0. The largest absolute Gasteiger partial charge is 0.267 e. The van der Waals surface area contributed by atoms with Crippen molar-refractivity contribution in [2.75, 3.05) is 0 Å². The Labute approximate surface area is 254 Å². The van der Waals surface area contributed by atoms with Crippen LogP contribution in [0.3, 0.4) is 0 Å². The van der Waals surface area contributed by atoms with E-state index in [4.69, 9.17) is 0 Å². The number of nitrogens with zero attached hydrogens (tertiary/aromatic N) is 3. The topological polar surface area (TPSA) is 30.7 Å². The van der Waals surface area contributed by atoms with Crippen LogP contribution in [0.15, 0.2) is 55.0 Å². The monoisotopic (exact) mass is 562 g/mol. The lowest BCUT2D eigenvalue weighted by Gasteiger charge is -2.23. The van der Waals surface area contributed by atoms with Gasteiger partial charge in [-0.2, -0.15) is 5.10 Å². The average molecular weight is 562 g/mol. The second kappa shape index (κ2) is 12.8. The fourth-order valence-electron chi connectivity index (χ4n) is 3.83. The quantitative estimate of drug-likeness (QED) is 0.273. The van der Waals surface area contributed by atoms with E-state index in [1.54, 1.807) is 0 Å². The maximum atomic E-state index is 4.52. The van der Waals surface area contributed by atoms with E-state index in [0.717, 1.165) is 5.69 Å². The molecular formula is C38H63N3. The zero-order valence-corrected chi connectivity index (χ0v) is 30.0. The van der Waals surface area contributed by atoms with Gasteiger partial charge in [0, 0.05) is 23.5 Å². The van der Waals surface area contributed by atoms with Crippen molar-refractivity contribution in [1.82, 2.24) is 14.8 Å². The predicted molar refractivity (Wildman–Crippen MR) is 181 cm³/mol. The summed E-state index contributed by atoms with van der Waals surface area (Å²) in [5.74, 6) is 0. The molecule has 3 nitrogen and oxygen atoms in total. The first kappa shape index (κ1) is 36.6. The maximum Gasteiger partial charge on any atom is 0.0543 e. The van der Waals surface area contributed by atoms with Gasteiger partial charge >= 0.3 is 0 Å². The van der Waals surface area contributed by atoms with E-state index in [1.165, 1.54) is 22.3 Å². The van der Waals surface area contributed by atoms with Crippen LogP contribution in [0.1, 0.15) is 153 Å². The van der Waals surface area contributed by atoms with Gasteiger partial charge in [0.2, 0.25) is 0 Å². The van der Waals surface area contributed by atoms with E-state index in [2.05, 4.69) is 177 Å². The van der Waals surface area contributed by atoms with E-state index in [-0.39, 0.29) is 32.6 Å². The molecule has 2 aromatic heterocycles. The van der Waals surface area contributed by atoms with Gasteiger partial charge < -0.3 is 0 Å². The molecular weight excluding hydrogens is 498 g/mol. The van der Waals surface area contributed by atoms with Crippen molar-refractivity contribution in [2.45, 2.75) is 157 Å². The number of pyridine rings is 1. The number of hydrogen-bond acceptors (Lipinski definition) is 2. The van der Waals surface area contributed by atoms with Gasteiger partial charge in [-0.25, -0.2) is 0 Å². The summed E-state index contributed by atoms with van der Waals surface area (Å²) in [6.45, 7) is 39.8. The molecule has 41 heavy (non-hydrogen) atoms. The number of aromatic nitrogens is 3. The zero-order chi connectivity index (χ0) is 32.2. The van der Waals surface area contributed by atoms with Gasteiger partial charge in [0.25, 0.3) is 0 Å². The average Bonchev–Trinajstić information content (AvgIpc) is 3.30.